The van der Waals surface area contributed by atoms with Crippen molar-refractivity contribution >= 4 is 11.7 Å². The van der Waals surface area contributed by atoms with Gasteiger partial charge in [0.25, 0.3) is 0 Å². The minimum absolute atomic E-state index is 0.109. The SMILES string of the molecule is O=C(O[C@H]1CNc2ccccc2C1)c1ccccc1. The van der Waals surface area contributed by atoms with Crippen LogP contribution >= 0.6 is 0 Å². The number of carbonyl (C=O) groups is 1. The van der Waals surface area contributed by atoms with E-state index in [0.717, 1.165) is 12.1 Å². The van der Waals surface area contributed by atoms with Gasteiger partial charge >= 0.3 is 5.97 Å². The summed E-state index contributed by atoms with van der Waals surface area (Å²) < 4.78 is 5.53. The second kappa shape index (κ2) is 5.14. The number of ether oxygens (including phenoxy) is 1. The van der Waals surface area contributed by atoms with Crippen molar-refractivity contribution in [1.82, 2.24) is 0 Å². The molecule has 0 radical (unpaired) electrons. The Hall–Kier alpha value is -2.29. The normalized spacial score (nSPS) is 17.2. The van der Waals surface area contributed by atoms with E-state index in [2.05, 4.69) is 11.4 Å². The molecule has 2 aromatic carbocycles. The molecule has 0 bridgehead atoms. The van der Waals surface area contributed by atoms with Crippen molar-refractivity contribution in [3.8, 4) is 0 Å². The topological polar surface area (TPSA) is 38.3 Å². The first-order chi connectivity index (χ1) is 9.33. The predicted octanol–water partition coefficient (Wildman–Crippen LogP) is 2.88. The van der Waals surface area contributed by atoms with Gasteiger partial charge in [0.2, 0.25) is 0 Å². The van der Waals surface area contributed by atoms with E-state index in [9.17, 15) is 4.79 Å². The van der Waals surface area contributed by atoms with Crippen LogP contribution in [0, 0.1) is 0 Å². The zero-order chi connectivity index (χ0) is 13.1. The Morgan fingerprint density at radius 3 is 2.63 bits per heavy atom. The number of rotatable bonds is 2. The van der Waals surface area contributed by atoms with Gasteiger partial charge in [-0.1, -0.05) is 36.4 Å². The van der Waals surface area contributed by atoms with Crippen molar-refractivity contribution < 1.29 is 9.53 Å². The second-order valence-corrected chi connectivity index (χ2v) is 4.64. The summed E-state index contributed by atoms with van der Waals surface area (Å²) in [5, 5.41) is 3.29. The van der Waals surface area contributed by atoms with Gasteiger partial charge in [-0.25, -0.2) is 4.79 Å². The largest absolute Gasteiger partial charge is 0.457 e. The van der Waals surface area contributed by atoms with E-state index in [1.807, 2.05) is 36.4 Å². The summed E-state index contributed by atoms with van der Waals surface area (Å²) in [5.41, 5.74) is 2.93. The van der Waals surface area contributed by atoms with Crippen LogP contribution in [0.2, 0.25) is 0 Å². The zero-order valence-electron chi connectivity index (χ0n) is 10.5. The summed E-state index contributed by atoms with van der Waals surface area (Å²) in [4.78, 5) is 12.0. The molecular weight excluding hydrogens is 238 g/mol. The van der Waals surface area contributed by atoms with Gasteiger partial charge in [-0.3, -0.25) is 0 Å². The number of hydrogen-bond acceptors (Lipinski definition) is 3. The van der Waals surface area contributed by atoms with Crippen LogP contribution in [0.25, 0.3) is 0 Å². The smallest absolute Gasteiger partial charge is 0.338 e. The number of esters is 1. The Balaban J connectivity index is 1.68. The lowest BCUT2D eigenvalue weighted by Crippen LogP contribution is -2.32. The lowest BCUT2D eigenvalue weighted by molar-refractivity contribution is 0.0324. The van der Waals surface area contributed by atoms with Crippen LogP contribution in [-0.4, -0.2) is 18.6 Å². The van der Waals surface area contributed by atoms with Crippen LogP contribution in [0.15, 0.2) is 54.6 Å². The fourth-order valence-corrected chi connectivity index (χ4v) is 2.29. The Kier molecular flexibility index (Phi) is 3.19. The molecule has 0 spiro atoms. The highest BCUT2D eigenvalue weighted by Crippen LogP contribution is 2.22. The maximum absolute atomic E-state index is 12.0. The highest BCUT2D eigenvalue weighted by atomic mass is 16.5. The third-order valence-corrected chi connectivity index (χ3v) is 3.27. The average Bonchev–Trinajstić information content (AvgIpc) is 2.48. The third kappa shape index (κ3) is 2.60. The molecular formula is C16H15NO2. The molecule has 96 valence electrons. The number of benzene rings is 2. The first-order valence-corrected chi connectivity index (χ1v) is 6.41. The molecule has 0 fully saturated rings. The highest BCUT2D eigenvalue weighted by molar-refractivity contribution is 5.89. The van der Waals surface area contributed by atoms with Crippen molar-refractivity contribution in [3.05, 3.63) is 65.7 Å². The maximum Gasteiger partial charge on any atom is 0.338 e. The van der Waals surface area contributed by atoms with Crippen LogP contribution in [0.4, 0.5) is 5.69 Å². The van der Waals surface area contributed by atoms with E-state index in [1.165, 1.54) is 5.56 Å². The molecule has 0 aromatic heterocycles. The molecule has 1 atom stereocenters. The molecule has 0 saturated carbocycles. The molecule has 1 heterocycles. The molecule has 3 nitrogen and oxygen atoms in total. The number of fused-ring (bicyclic) bond motifs is 1. The van der Waals surface area contributed by atoms with Crippen molar-refractivity contribution in [2.45, 2.75) is 12.5 Å². The molecule has 1 N–H and O–H groups in total. The molecule has 1 aliphatic rings. The van der Waals surface area contributed by atoms with E-state index in [4.69, 9.17) is 4.74 Å². The second-order valence-electron chi connectivity index (χ2n) is 4.64. The van der Waals surface area contributed by atoms with Gasteiger partial charge in [0, 0.05) is 12.1 Å². The van der Waals surface area contributed by atoms with Crippen LogP contribution in [0.5, 0.6) is 0 Å². The summed E-state index contributed by atoms with van der Waals surface area (Å²) in [6, 6.07) is 17.2. The molecule has 2 aromatic rings. The van der Waals surface area contributed by atoms with Crippen LogP contribution in [-0.2, 0) is 11.2 Å². The molecule has 1 aliphatic heterocycles. The Bertz CT molecular complexity index is 580. The van der Waals surface area contributed by atoms with Crippen LogP contribution < -0.4 is 5.32 Å². The molecule has 0 saturated heterocycles. The maximum atomic E-state index is 12.0. The Morgan fingerprint density at radius 1 is 1.05 bits per heavy atom. The highest BCUT2D eigenvalue weighted by Gasteiger charge is 2.21. The van der Waals surface area contributed by atoms with E-state index in [-0.39, 0.29) is 12.1 Å². The minimum Gasteiger partial charge on any atom is -0.457 e. The van der Waals surface area contributed by atoms with Gasteiger partial charge in [-0.05, 0) is 23.8 Å². The first kappa shape index (κ1) is 11.8. The standard InChI is InChI=1S/C16H15NO2/c18-16(12-6-2-1-3-7-12)19-14-10-13-8-4-5-9-15(13)17-11-14/h1-9,14,17H,10-11H2/t14-/m1/s1. The lowest BCUT2D eigenvalue weighted by Gasteiger charge is -2.26. The molecule has 0 aliphatic carbocycles. The quantitative estimate of drug-likeness (QED) is 0.836. The number of nitrogens with one attached hydrogen (secondary N) is 1. The summed E-state index contributed by atoms with van der Waals surface area (Å²) >= 11 is 0. The summed E-state index contributed by atoms with van der Waals surface area (Å²) in [6.07, 6.45) is 0.657. The summed E-state index contributed by atoms with van der Waals surface area (Å²) in [5.74, 6) is -0.258. The van der Waals surface area contributed by atoms with Crippen molar-refractivity contribution in [2.75, 3.05) is 11.9 Å². The van der Waals surface area contributed by atoms with Gasteiger partial charge in [-0.2, -0.15) is 0 Å². The fourth-order valence-electron chi connectivity index (χ4n) is 2.29. The molecule has 3 rings (SSSR count). The number of hydrogen-bond donors (Lipinski definition) is 1. The van der Waals surface area contributed by atoms with Crippen LogP contribution in [0.1, 0.15) is 15.9 Å². The Morgan fingerprint density at radius 2 is 1.79 bits per heavy atom. The van der Waals surface area contributed by atoms with Gasteiger partial charge in [0.05, 0.1) is 12.1 Å². The molecule has 19 heavy (non-hydrogen) atoms. The number of para-hydroxylation sites is 1. The third-order valence-electron chi connectivity index (χ3n) is 3.27. The van der Waals surface area contributed by atoms with Crippen molar-refractivity contribution in [2.24, 2.45) is 0 Å². The molecule has 3 heteroatoms. The van der Waals surface area contributed by atoms with Gasteiger partial charge in [0.1, 0.15) is 6.10 Å². The van der Waals surface area contributed by atoms with Gasteiger partial charge < -0.3 is 10.1 Å². The van der Waals surface area contributed by atoms with Crippen LogP contribution in [0.3, 0.4) is 0 Å². The summed E-state index contributed by atoms with van der Waals surface area (Å²) in [7, 11) is 0. The van der Waals surface area contributed by atoms with E-state index in [0.29, 0.717) is 12.1 Å². The molecule has 0 amide bonds. The summed E-state index contributed by atoms with van der Waals surface area (Å²) in [6.45, 7) is 0.662. The van der Waals surface area contributed by atoms with E-state index >= 15 is 0 Å². The number of anilines is 1. The number of carbonyl (C=O) groups excluding carboxylic acids is 1. The van der Waals surface area contributed by atoms with Gasteiger partial charge in [0.15, 0.2) is 0 Å². The van der Waals surface area contributed by atoms with Crippen molar-refractivity contribution in [3.63, 3.8) is 0 Å². The van der Waals surface area contributed by atoms with E-state index in [1.54, 1.807) is 12.1 Å². The monoisotopic (exact) mass is 253 g/mol. The van der Waals surface area contributed by atoms with E-state index < -0.39 is 0 Å². The first-order valence-electron chi connectivity index (χ1n) is 6.41. The predicted molar refractivity (Wildman–Crippen MR) is 74.3 cm³/mol. The zero-order valence-corrected chi connectivity index (χ0v) is 10.5. The van der Waals surface area contributed by atoms with Gasteiger partial charge in [-0.15, -0.1) is 0 Å². The molecule has 0 unspecified atom stereocenters. The minimum atomic E-state index is -0.258. The van der Waals surface area contributed by atoms with Crippen molar-refractivity contribution in [1.29, 1.82) is 0 Å². The fraction of sp³-hybridized carbons (Fsp3) is 0.188. The Labute approximate surface area is 112 Å². The average molecular weight is 253 g/mol. The lowest BCUT2D eigenvalue weighted by atomic mass is 10.0.